The summed E-state index contributed by atoms with van der Waals surface area (Å²) in [4.78, 5) is 23.8. The molecule has 0 aromatic heterocycles. The lowest BCUT2D eigenvalue weighted by Gasteiger charge is -2.13. The number of carbonyl (C=O) groups excluding carboxylic acids is 2. The lowest BCUT2D eigenvalue weighted by Crippen LogP contribution is -2.41. The molecule has 0 aliphatic heterocycles. The molecule has 0 aliphatic carbocycles. The molecule has 1 aromatic carbocycles. The molecule has 1 aromatic rings. The second-order valence-corrected chi connectivity index (χ2v) is 5.82. The van der Waals surface area contributed by atoms with Crippen LogP contribution in [0.2, 0.25) is 0 Å². The Morgan fingerprint density at radius 1 is 1.10 bits per heavy atom. The topological polar surface area (TPSA) is 70.2 Å². The van der Waals surface area contributed by atoms with E-state index in [2.05, 4.69) is 22.9 Å². The van der Waals surface area contributed by atoms with E-state index < -0.39 is 6.03 Å². The third kappa shape index (κ3) is 4.86. The molecule has 0 radical (unpaired) electrons. The fraction of sp³-hybridized carbons (Fsp3) is 0.429. The highest BCUT2D eigenvalue weighted by Crippen LogP contribution is 2.25. The van der Waals surface area contributed by atoms with Crippen molar-refractivity contribution in [2.75, 3.05) is 14.1 Å². The minimum absolute atomic E-state index is 0.294. The molecule has 0 fully saturated rings. The standard InChI is InChI=1S/C14H21N3O2S/c1-9(15-3)11-5-7-12(8-6-11)20-10(2)13(18)17-14(19)16-4/h5-10,15H,1-4H3,(H2,16,17,18,19). The second-order valence-electron chi connectivity index (χ2n) is 4.41. The van der Waals surface area contributed by atoms with Gasteiger partial charge in [0.2, 0.25) is 5.91 Å². The van der Waals surface area contributed by atoms with Gasteiger partial charge in [0, 0.05) is 18.0 Å². The largest absolute Gasteiger partial charge is 0.341 e. The molecule has 0 saturated heterocycles. The highest BCUT2D eigenvalue weighted by atomic mass is 32.2. The van der Waals surface area contributed by atoms with E-state index >= 15 is 0 Å². The average Bonchev–Trinajstić information content (AvgIpc) is 2.46. The maximum atomic E-state index is 11.7. The third-order valence-corrected chi connectivity index (χ3v) is 4.07. The minimum Gasteiger partial charge on any atom is -0.341 e. The van der Waals surface area contributed by atoms with E-state index in [1.54, 1.807) is 6.92 Å². The normalized spacial score (nSPS) is 13.4. The highest BCUT2D eigenvalue weighted by Gasteiger charge is 2.16. The van der Waals surface area contributed by atoms with Crippen LogP contribution < -0.4 is 16.0 Å². The van der Waals surface area contributed by atoms with E-state index in [1.165, 1.54) is 24.4 Å². The number of nitrogens with one attached hydrogen (secondary N) is 3. The van der Waals surface area contributed by atoms with Crippen LogP contribution in [0.15, 0.2) is 29.2 Å². The lowest BCUT2D eigenvalue weighted by atomic mass is 10.1. The van der Waals surface area contributed by atoms with E-state index in [0.717, 1.165) is 4.90 Å². The molecule has 2 unspecified atom stereocenters. The molecule has 1 rings (SSSR count). The summed E-state index contributed by atoms with van der Waals surface area (Å²) in [7, 11) is 3.39. The van der Waals surface area contributed by atoms with Crippen molar-refractivity contribution < 1.29 is 9.59 Å². The summed E-state index contributed by atoms with van der Waals surface area (Å²) < 4.78 is 0. The van der Waals surface area contributed by atoms with Gasteiger partial charge in [-0.1, -0.05) is 12.1 Å². The van der Waals surface area contributed by atoms with Crippen molar-refractivity contribution in [3.8, 4) is 0 Å². The summed E-state index contributed by atoms with van der Waals surface area (Å²) in [6.07, 6.45) is 0. The van der Waals surface area contributed by atoms with Gasteiger partial charge in [0.05, 0.1) is 5.25 Å². The van der Waals surface area contributed by atoms with E-state index in [9.17, 15) is 9.59 Å². The number of amides is 3. The van der Waals surface area contributed by atoms with Crippen LogP contribution in [0, 0.1) is 0 Å². The highest BCUT2D eigenvalue weighted by molar-refractivity contribution is 8.00. The van der Waals surface area contributed by atoms with Crippen molar-refractivity contribution in [1.82, 2.24) is 16.0 Å². The van der Waals surface area contributed by atoms with Crippen LogP contribution in [0.3, 0.4) is 0 Å². The molecular formula is C14H21N3O2S. The zero-order valence-corrected chi connectivity index (χ0v) is 13.0. The number of carbonyl (C=O) groups is 2. The molecule has 3 N–H and O–H groups in total. The molecular weight excluding hydrogens is 274 g/mol. The zero-order valence-electron chi connectivity index (χ0n) is 12.2. The molecule has 3 amide bonds. The van der Waals surface area contributed by atoms with Crippen LogP contribution in [0.1, 0.15) is 25.5 Å². The van der Waals surface area contributed by atoms with Gasteiger partial charge in [-0.05, 0) is 38.6 Å². The Balaban J connectivity index is 2.59. The van der Waals surface area contributed by atoms with Gasteiger partial charge in [-0.3, -0.25) is 10.1 Å². The predicted octanol–water partition coefficient (Wildman–Crippen LogP) is 1.90. The van der Waals surface area contributed by atoms with Crippen LogP contribution >= 0.6 is 11.8 Å². The summed E-state index contributed by atoms with van der Waals surface area (Å²) in [5.41, 5.74) is 1.19. The van der Waals surface area contributed by atoms with Crippen molar-refractivity contribution in [3.63, 3.8) is 0 Å². The van der Waals surface area contributed by atoms with Gasteiger partial charge in [-0.15, -0.1) is 11.8 Å². The summed E-state index contributed by atoms with van der Waals surface area (Å²) in [6, 6.07) is 7.85. The second kappa shape index (κ2) is 7.91. The molecule has 0 heterocycles. The van der Waals surface area contributed by atoms with E-state index in [-0.39, 0.29) is 11.2 Å². The van der Waals surface area contributed by atoms with Gasteiger partial charge in [0.1, 0.15) is 0 Å². The SMILES string of the molecule is CNC(=O)NC(=O)C(C)Sc1ccc(C(C)NC)cc1. The van der Waals surface area contributed by atoms with Gasteiger partial charge in [0.15, 0.2) is 0 Å². The van der Waals surface area contributed by atoms with Crippen molar-refractivity contribution in [2.24, 2.45) is 0 Å². The number of hydrogen-bond acceptors (Lipinski definition) is 4. The first-order valence-corrected chi connectivity index (χ1v) is 7.32. The Hall–Kier alpha value is -1.53. The van der Waals surface area contributed by atoms with Crippen molar-refractivity contribution in [3.05, 3.63) is 29.8 Å². The van der Waals surface area contributed by atoms with Gasteiger partial charge < -0.3 is 10.6 Å². The van der Waals surface area contributed by atoms with E-state index in [0.29, 0.717) is 6.04 Å². The summed E-state index contributed by atoms with van der Waals surface area (Å²) in [5, 5.41) is 7.46. The number of hydrogen-bond donors (Lipinski definition) is 3. The van der Waals surface area contributed by atoms with Crippen LogP contribution in [-0.4, -0.2) is 31.3 Å². The number of benzene rings is 1. The first-order valence-electron chi connectivity index (χ1n) is 6.44. The van der Waals surface area contributed by atoms with Gasteiger partial charge in [0.25, 0.3) is 0 Å². The van der Waals surface area contributed by atoms with Crippen LogP contribution in [-0.2, 0) is 4.79 Å². The Labute approximate surface area is 123 Å². The average molecular weight is 295 g/mol. The molecule has 0 saturated carbocycles. The summed E-state index contributed by atoms with van der Waals surface area (Å²) in [5.74, 6) is -0.304. The van der Waals surface area contributed by atoms with Gasteiger partial charge in [-0.25, -0.2) is 4.79 Å². The van der Waals surface area contributed by atoms with Crippen molar-refractivity contribution in [1.29, 1.82) is 0 Å². The fourth-order valence-electron chi connectivity index (χ4n) is 1.54. The Morgan fingerprint density at radius 2 is 1.70 bits per heavy atom. The Morgan fingerprint density at radius 3 is 2.20 bits per heavy atom. The number of rotatable bonds is 5. The van der Waals surface area contributed by atoms with E-state index in [1.807, 2.05) is 31.3 Å². The molecule has 5 nitrogen and oxygen atoms in total. The minimum atomic E-state index is -0.486. The molecule has 20 heavy (non-hydrogen) atoms. The van der Waals surface area contributed by atoms with Crippen molar-refractivity contribution >= 4 is 23.7 Å². The van der Waals surface area contributed by atoms with Gasteiger partial charge >= 0.3 is 6.03 Å². The van der Waals surface area contributed by atoms with E-state index in [4.69, 9.17) is 0 Å². The van der Waals surface area contributed by atoms with Crippen molar-refractivity contribution in [2.45, 2.75) is 30.0 Å². The number of urea groups is 1. The monoisotopic (exact) mass is 295 g/mol. The fourth-order valence-corrected chi connectivity index (χ4v) is 2.40. The van der Waals surface area contributed by atoms with Crippen LogP contribution in [0.4, 0.5) is 4.79 Å². The maximum Gasteiger partial charge on any atom is 0.321 e. The Bertz CT molecular complexity index is 462. The first kappa shape index (κ1) is 16.5. The van der Waals surface area contributed by atoms with Gasteiger partial charge in [-0.2, -0.15) is 0 Å². The molecule has 2 atom stereocenters. The zero-order chi connectivity index (χ0) is 15.1. The Kier molecular flexibility index (Phi) is 6.54. The smallest absolute Gasteiger partial charge is 0.321 e. The molecule has 6 heteroatoms. The van der Waals surface area contributed by atoms with Crippen LogP contribution in [0.5, 0.6) is 0 Å². The predicted molar refractivity (Wildman–Crippen MR) is 81.8 cm³/mol. The van der Waals surface area contributed by atoms with Crippen LogP contribution in [0.25, 0.3) is 0 Å². The first-order chi connectivity index (χ1) is 9.47. The maximum absolute atomic E-state index is 11.7. The molecule has 110 valence electrons. The summed E-state index contributed by atoms with van der Waals surface area (Å²) in [6.45, 7) is 3.86. The quantitative estimate of drug-likeness (QED) is 0.726. The summed E-state index contributed by atoms with van der Waals surface area (Å²) >= 11 is 1.42. The molecule has 0 bridgehead atoms. The number of imide groups is 1. The molecule has 0 aliphatic rings. The molecule has 0 spiro atoms. The lowest BCUT2D eigenvalue weighted by molar-refractivity contribution is -0.119. The third-order valence-electron chi connectivity index (χ3n) is 2.96. The number of thioether (sulfide) groups is 1.